The van der Waals surface area contributed by atoms with E-state index in [9.17, 15) is 28.8 Å². The van der Waals surface area contributed by atoms with Crippen molar-refractivity contribution in [2.24, 2.45) is 11.7 Å². The van der Waals surface area contributed by atoms with Crippen LogP contribution in [0, 0.1) is 5.92 Å². The summed E-state index contributed by atoms with van der Waals surface area (Å²) in [6.45, 7) is 23.4. The van der Waals surface area contributed by atoms with Gasteiger partial charge in [-0.3, -0.25) is 34.2 Å². The molecule has 1 saturated heterocycles. The van der Waals surface area contributed by atoms with Gasteiger partial charge in [-0.15, -0.1) is 0 Å². The third-order valence-corrected chi connectivity index (χ3v) is 6.96. The maximum atomic E-state index is 12.6. The maximum Gasteiger partial charge on any atom is 0.322 e. The summed E-state index contributed by atoms with van der Waals surface area (Å²) in [6.07, 6.45) is 9.46. The molecule has 51 heavy (non-hydrogen) atoms. The summed E-state index contributed by atoms with van der Waals surface area (Å²) in [4.78, 5) is 72.2. The Labute approximate surface area is 312 Å². The van der Waals surface area contributed by atoms with Crippen molar-refractivity contribution in [2.75, 3.05) is 19.7 Å². The minimum atomic E-state index is -0.766. The number of rotatable bonds is 17. The fraction of sp³-hybridized carbons (Fsp3) is 0.676. The molecule has 7 N–H and O–H groups in total. The number of hydrogen-bond acceptors (Lipinski definition) is 9. The normalized spacial score (nSPS) is 14.7. The number of nitrogens with one attached hydrogen (secondary N) is 4. The molecule has 0 aromatic carbocycles. The van der Waals surface area contributed by atoms with Crippen LogP contribution in [0.4, 0.5) is 4.79 Å². The first-order valence-corrected chi connectivity index (χ1v) is 18.4. The van der Waals surface area contributed by atoms with Crippen LogP contribution < -0.4 is 27.0 Å². The monoisotopic (exact) mass is 740 g/mol. The molecular weight excluding hydrogens is 673 g/mol. The Morgan fingerprint density at radius 1 is 1.04 bits per heavy atom. The average Bonchev–Trinajstić information content (AvgIpc) is 3.30. The van der Waals surface area contributed by atoms with Crippen LogP contribution in [0.25, 0.3) is 0 Å². The molecule has 0 aromatic heterocycles. The summed E-state index contributed by atoms with van der Waals surface area (Å²) < 4.78 is 0. The number of aliphatic hydroxyl groups excluding tert-OH is 1. The van der Waals surface area contributed by atoms with E-state index in [1.807, 2.05) is 34.6 Å². The third-order valence-electron chi connectivity index (χ3n) is 6.55. The highest BCUT2D eigenvalue weighted by Crippen LogP contribution is 2.18. The predicted octanol–water partition coefficient (Wildman–Crippen LogP) is 4.66. The van der Waals surface area contributed by atoms with E-state index in [4.69, 9.17) is 10.8 Å². The minimum Gasteiger partial charge on any atom is -0.394 e. The number of imide groups is 2. The Morgan fingerprint density at radius 2 is 1.63 bits per heavy atom. The molecule has 0 radical (unpaired) electrons. The van der Waals surface area contributed by atoms with Crippen LogP contribution in [0.15, 0.2) is 36.1 Å². The summed E-state index contributed by atoms with van der Waals surface area (Å²) in [5.41, 5.74) is 6.26. The van der Waals surface area contributed by atoms with E-state index in [-0.39, 0.29) is 62.0 Å². The quantitative estimate of drug-likeness (QED) is 0.0483. The first-order valence-electron chi connectivity index (χ1n) is 17.9. The Kier molecular flexibility index (Phi) is 30.7. The van der Waals surface area contributed by atoms with Gasteiger partial charge in [-0.2, -0.15) is 12.6 Å². The van der Waals surface area contributed by atoms with Gasteiger partial charge in [0.15, 0.2) is 0 Å². The van der Waals surface area contributed by atoms with Gasteiger partial charge in [0.25, 0.3) is 0 Å². The minimum absolute atomic E-state index is 0.0292. The smallest absolute Gasteiger partial charge is 0.322 e. The lowest BCUT2D eigenvalue weighted by Gasteiger charge is -2.24. The molecular formula is C37H68N6O7S. The fourth-order valence-electron chi connectivity index (χ4n) is 3.83. The van der Waals surface area contributed by atoms with Crippen molar-refractivity contribution in [3.05, 3.63) is 36.1 Å². The molecule has 294 valence electrons. The summed E-state index contributed by atoms with van der Waals surface area (Å²) in [5, 5.41) is 18.7. The zero-order chi connectivity index (χ0) is 40.2. The van der Waals surface area contributed by atoms with Crippen LogP contribution in [0.3, 0.4) is 0 Å². The Bertz CT molecular complexity index is 1150. The zero-order valence-electron chi connectivity index (χ0n) is 32.8. The van der Waals surface area contributed by atoms with E-state index in [1.54, 1.807) is 39.0 Å². The molecule has 0 bridgehead atoms. The van der Waals surface area contributed by atoms with Gasteiger partial charge in [-0.25, -0.2) is 4.79 Å². The molecule has 1 aliphatic heterocycles. The SMILES string of the molecule is C=C(C)/C=C\C(=C/C)NC(=O)[C@H](CCCCN)NC(=O)NC(=O)CCC(C)C.CC.CC(C)(CO)NC(=O)CCN1C(=O)CC(S)C1=O.CCC. The van der Waals surface area contributed by atoms with Crippen molar-refractivity contribution in [2.45, 2.75) is 137 Å². The lowest BCUT2D eigenvalue weighted by atomic mass is 10.1. The van der Waals surface area contributed by atoms with Crippen LogP contribution in [0.1, 0.15) is 121 Å². The van der Waals surface area contributed by atoms with Gasteiger partial charge in [0, 0.05) is 31.5 Å². The van der Waals surface area contributed by atoms with Crippen molar-refractivity contribution in [1.82, 2.24) is 26.2 Å². The number of likely N-dealkylation sites (tertiary alicyclic amines) is 1. The first kappa shape index (κ1) is 51.9. The van der Waals surface area contributed by atoms with Gasteiger partial charge in [-0.1, -0.05) is 72.3 Å². The highest BCUT2D eigenvalue weighted by molar-refractivity contribution is 7.81. The number of nitrogens with zero attached hydrogens (tertiary/aromatic N) is 1. The summed E-state index contributed by atoms with van der Waals surface area (Å²) in [5.74, 6) is -1.29. The average molecular weight is 741 g/mol. The van der Waals surface area contributed by atoms with Crippen LogP contribution >= 0.6 is 12.6 Å². The van der Waals surface area contributed by atoms with E-state index in [0.29, 0.717) is 37.4 Å². The number of hydrogen-bond donors (Lipinski definition) is 7. The molecule has 1 aliphatic rings. The van der Waals surface area contributed by atoms with Crippen molar-refractivity contribution in [1.29, 1.82) is 0 Å². The molecule has 2 atom stereocenters. The second-order valence-corrected chi connectivity index (χ2v) is 13.5. The van der Waals surface area contributed by atoms with Gasteiger partial charge < -0.3 is 26.8 Å². The van der Waals surface area contributed by atoms with Gasteiger partial charge >= 0.3 is 6.03 Å². The van der Waals surface area contributed by atoms with Crippen LogP contribution in [-0.4, -0.2) is 82.1 Å². The standard InChI is InChI=1S/C21H36N4O3.C11H18N2O4S.C3H8.C2H6/c1-6-17(12-10-15(2)3)23-20(27)18(9-7-8-14-22)24-21(28)25-19(26)13-11-16(4)5;1-11(2,6-14)12-8(15)3-4-13-9(16)5-7(18)10(13)17;1-3-2;1-2/h6,10,12,16,18H,2,7-9,11,13-14,22H2,1,3-5H3,(H,23,27)(H2,24,25,26,28);7,14,18H,3-6H2,1-2H3,(H,12,15);3H2,1-2H3;1-2H3/b12-10-,17-6+;;;/t18-;;;/m0.../s1. The molecule has 14 heteroatoms. The Hall–Kier alpha value is -3.49. The van der Waals surface area contributed by atoms with E-state index in [1.165, 1.54) is 6.42 Å². The number of carbonyl (C=O) groups excluding carboxylic acids is 6. The number of aliphatic hydroxyl groups is 1. The summed E-state index contributed by atoms with van der Waals surface area (Å²) in [6, 6.07) is -1.43. The molecule has 1 unspecified atom stereocenters. The summed E-state index contributed by atoms with van der Waals surface area (Å²) >= 11 is 3.99. The zero-order valence-corrected chi connectivity index (χ0v) is 33.7. The molecule has 1 fully saturated rings. The molecule has 13 nitrogen and oxygen atoms in total. The van der Waals surface area contributed by atoms with Crippen molar-refractivity contribution >= 4 is 48.2 Å². The van der Waals surface area contributed by atoms with E-state index < -0.39 is 22.9 Å². The Balaban J connectivity index is -0.000000855. The number of nitrogens with two attached hydrogens (primary N) is 1. The topological polar surface area (TPSA) is 200 Å². The van der Waals surface area contributed by atoms with Crippen LogP contribution in [-0.2, 0) is 24.0 Å². The maximum absolute atomic E-state index is 12.6. The molecule has 0 saturated carbocycles. The number of thiol groups is 1. The lowest BCUT2D eigenvalue weighted by Crippen LogP contribution is -2.50. The van der Waals surface area contributed by atoms with Gasteiger partial charge in [0.1, 0.15) is 6.04 Å². The van der Waals surface area contributed by atoms with Crippen molar-refractivity contribution in [3.63, 3.8) is 0 Å². The van der Waals surface area contributed by atoms with Crippen molar-refractivity contribution in [3.8, 4) is 0 Å². The molecule has 0 aliphatic carbocycles. The van der Waals surface area contributed by atoms with E-state index >= 15 is 0 Å². The van der Waals surface area contributed by atoms with Gasteiger partial charge in [0.05, 0.1) is 17.4 Å². The molecule has 0 aromatic rings. The van der Waals surface area contributed by atoms with Gasteiger partial charge in [0.2, 0.25) is 29.5 Å². The highest BCUT2D eigenvalue weighted by atomic mass is 32.1. The van der Waals surface area contributed by atoms with Crippen LogP contribution in [0.5, 0.6) is 0 Å². The number of unbranched alkanes of at least 4 members (excludes halogenated alkanes) is 1. The summed E-state index contributed by atoms with van der Waals surface area (Å²) in [7, 11) is 0. The number of urea groups is 1. The molecule has 1 heterocycles. The second-order valence-electron chi connectivity index (χ2n) is 12.9. The Morgan fingerprint density at radius 3 is 2.08 bits per heavy atom. The largest absolute Gasteiger partial charge is 0.394 e. The van der Waals surface area contributed by atoms with Crippen molar-refractivity contribution < 1.29 is 33.9 Å². The molecule has 7 amide bonds. The fourth-order valence-corrected chi connectivity index (χ4v) is 4.13. The highest BCUT2D eigenvalue weighted by Gasteiger charge is 2.36. The second kappa shape index (κ2) is 30.2. The van der Waals surface area contributed by atoms with E-state index in [2.05, 4.69) is 54.3 Å². The molecule has 1 rings (SSSR count). The number of allylic oxidation sites excluding steroid dienone is 4. The first-order chi connectivity index (χ1) is 23.9. The van der Waals surface area contributed by atoms with Crippen LogP contribution in [0.2, 0.25) is 0 Å². The predicted molar refractivity (Wildman–Crippen MR) is 209 cm³/mol. The number of carbonyl (C=O) groups is 6. The number of amides is 7. The third kappa shape index (κ3) is 26.9. The lowest BCUT2D eigenvalue weighted by molar-refractivity contribution is -0.138. The molecule has 0 spiro atoms. The van der Waals surface area contributed by atoms with E-state index in [0.717, 1.165) is 16.9 Å². The van der Waals surface area contributed by atoms with Gasteiger partial charge in [-0.05, 0) is 71.9 Å².